The maximum absolute atomic E-state index is 11.1. The average molecular weight is 277 g/mol. The van der Waals surface area contributed by atoms with Crippen LogP contribution in [0.25, 0.3) is 0 Å². The molecule has 0 aromatic carbocycles. The van der Waals surface area contributed by atoms with Gasteiger partial charge in [0, 0.05) is 44.4 Å². The third kappa shape index (κ3) is 4.08. The first kappa shape index (κ1) is 14.6. The van der Waals surface area contributed by atoms with Crippen molar-refractivity contribution in [2.75, 3.05) is 36.4 Å². The van der Waals surface area contributed by atoms with E-state index in [9.17, 15) is 4.79 Å². The van der Waals surface area contributed by atoms with Crippen LogP contribution in [0.2, 0.25) is 0 Å². The normalized spacial score (nSPS) is 14.4. The summed E-state index contributed by atoms with van der Waals surface area (Å²) >= 11 is 0. The van der Waals surface area contributed by atoms with E-state index < -0.39 is 0 Å². The fourth-order valence-electron chi connectivity index (χ4n) is 2.24. The summed E-state index contributed by atoms with van der Waals surface area (Å²) in [5.41, 5.74) is 0.960. The van der Waals surface area contributed by atoms with Crippen LogP contribution in [-0.4, -0.2) is 42.1 Å². The number of hydrogen-bond donors (Lipinski definition) is 2. The molecule has 20 heavy (non-hydrogen) atoms. The lowest BCUT2D eigenvalue weighted by molar-refractivity contribution is -0.120. The van der Waals surface area contributed by atoms with E-state index in [1.165, 1.54) is 12.8 Å². The van der Waals surface area contributed by atoms with Crippen LogP contribution in [0.3, 0.4) is 0 Å². The predicted molar refractivity (Wildman–Crippen MR) is 80.0 cm³/mol. The molecule has 1 aliphatic heterocycles. The van der Waals surface area contributed by atoms with Crippen molar-refractivity contribution in [2.24, 2.45) is 0 Å². The summed E-state index contributed by atoms with van der Waals surface area (Å²) in [6.07, 6.45) is 2.98. The molecule has 0 unspecified atom stereocenters. The van der Waals surface area contributed by atoms with Gasteiger partial charge in [-0.3, -0.25) is 4.79 Å². The van der Waals surface area contributed by atoms with Gasteiger partial charge in [-0.05, 0) is 19.8 Å². The third-order valence-electron chi connectivity index (χ3n) is 3.32. The minimum Gasteiger partial charge on any atom is -0.356 e. The van der Waals surface area contributed by atoms with Gasteiger partial charge in [-0.1, -0.05) is 6.92 Å². The highest BCUT2D eigenvalue weighted by Crippen LogP contribution is 2.19. The number of nitrogens with zero attached hydrogens (tertiary/aromatic N) is 3. The van der Waals surface area contributed by atoms with Crippen molar-refractivity contribution >= 4 is 17.7 Å². The van der Waals surface area contributed by atoms with Crippen molar-refractivity contribution in [2.45, 2.75) is 33.1 Å². The number of carbonyl (C=O) groups excluding carboxylic acids is 1. The molecule has 6 nitrogen and oxygen atoms in total. The van der Waals surface area contributed by atoms with Gasteiger partial charge in [0.1, 0.15) is 5.82 Å². The fraction of sp³-hybridized carbons (Fsp3) is 0.643. The van der Waals surface area contributed by atoms with E-state index in [1.807, 2.05) is 19.9 Å². The van der Waals surface area contributed by atoms with Crippen molar-refractivity contribution < 1.29 is 4.79 Å². The first-order chi connectivity index (χ1) is 9.69. The van der Waals surface area contributed by atoms with Gasteiger partial charge in [0.2, 0.25) is 11.9 Å². The molecule has 1 aliphatic rings. The van der Waals surface area contributed by atoms with E-state index in [4.69, 9.17) is 0 Å². The Morgan fingerprint density at radius 2 is 2.05 bits per heavy atom. The van der Waals surface area contributed by atoms with E-state index in [0.717, 1.165) is 24.6 Å². The molecule has 0 bridgehead atoms. The predicted octanol–water partition coefficient (Wildman–Crippen LogP) is 1.32. The summed E-state index contributed by atoms with van der Waals surface area (Å²) in [5.74, 6) is 1.70. The van der Waals surface area contributed by atoms with E-state index in [-0.39, 0.29) is 5.91 Å². The van der Waals surface area contributed by atoms with Crippen molar-refractivity contribution in [3.05, 3.63) is 11.8 Å². The second-order valence-electron chi connectivity index (χ2n) is 5.02. The van der Waals surface area contributed by atoms with Gasteiger partial charge in [0.05, 0.1) is 0 Å². The highest BCUT2D eigenvalue weighted by Gasteiger charge is 2.14. The zero-order valence-electron chi connectivity index (χ0n) is 12.3. The largest absolute Gasteiger partial charge is 0.356 e. The summed E-state index contributed by atoms with van der Waals surface area (Å²) in [6, 6.07) is 2.02. The van der Waals surface area contributed by atoms with Gasteiger partial charge >= 0.3 is 0 Å². The quantitative estimate of drug-likeness (QED) is 0.768. The Morgan fingerprint density at radius 3 is 2.75 bits per heavy atom. The van der Waals surface area contributed by atoms with Crippen LogP contribution < -0.4 is 15.5 Å². The Hall–Kier alpha value is -1.85. The molecule has 1 aromatic heterocycles. The van der Waals surface area contributed by atoms with Crippen molar-refractivity contribution in [1.29, 1.82) is 0 Å². The first-order valence-electron chi connectivity index (χ1n) is 7.30. The van der Waals surface area contributed by atoms with Crippen molar-refractivity contribution in [1.82, 2.24) is 15.3 Å². The monoisotopic (exact) mass is 277 g/mol. The molecule has 1 aromatic rings. The lowest BCUT2D eigenvalue weighted by Gasteiger charge is -2.17. The molecule has 0 saturated carbocycles. The van der Waals surface area contributed by atoms with Crippen LogP contribution in [-0.2, 0) is 4.79 Å². The molecule has 110 valence electrons. The summed E-state index contributed by atoms with van der Waals surface area (Å²) < 4.78 is 0. The maximum Gasteiger partial charge on any atom is 0.224 e. The zero-order valence-corrected chi connectivity index (χ0v) is 12.3. The minimum atomic E-state index is 0.0646. The molecule has 0 radical (unpaired) electrons. The van der Waals surface area contributed by atoms with Crippen LogP contribution in [0.5, 0.6) is 0 Å². The van der Waals surface area contributed by atoms with Gasteiger partial charge in [-0.2, -0.15) is 4.98 Å². The van der Waals surface area contributed by atoms with Gasteiger partial charge in [-0.25, -0.2) is 4.98 Å². The van der Waals surface area contributed by atoms with E-state index in [1.54, 1.807) is 0 Å². The van der Waals surface area contributed by atoms with E-state index in [2.05, 4.69) is 25.5 Å². The number of nitrogens with one attached hydrogen (secondary N) is 2. The Labute approximate surface area is 120 Å². The Bertz CT molecular complexity index is 457. The molecule has 1 saturated heterocycles. The summed E-state index contributed by atoms with van der Waals surface area (Å²) in [4.78, 5) is 22.3. The minimum absolute atomic E-state index is 0.0646. The highest BCUT2D eigenvalue weighted by molar-refractivity contribution is 5.75. The van der Waals surface area contributed by atoms with Gasteiger partial charge < -0.3 is 15.5 Å². The Balaban J connectivity index is 1.89. The molecule has 2 heterocycles. The highest BCUT2D eigenvalue weighted by atomic mass is 16.1. The Kier molecular flexibility index (Phi) is 5.15. The lowest BCUT2D eigenvalue weighted by atomic mass is 10.4. The molecule has 0 spiro atoms. The van der Waals surface area contributed by atoms with Crippen LogP contribution >= 0.6 is 0 Å². The molecule has 1 amide bonds. The van der Waals surface area contributed by atoms with Gasteiger partial charge in [0.15, 0.2) is 0 Å². The zero-order chi connectivity index (χ0) is 14.4. The van der Waals surface area contributed by atoms with Crippen LogP contribution in [0.4, 0.5) is 11.8 Å². The Morgan fingerprint density at radius 1 is 1.30 bits per heavy atom. The standard InChI is InChI=1S/C14H23N5O/c1-3-13(20)15-6-7-16-14-17-11(2)10-12(18-14)19-8-4-5-9-19/h10H,3-9H2,1-2H3,(H,15,20)(H,16,17,18). The van der Waals surface area contributed by atoms with Crippen LogP contribution in [0, 0.1) is 6.92 Å². The molecule has 0 atom stereocenters. The molecule has 2 N–H and O–H groups in total. The molecule has 1 fully saturated rings. The summed E-state index contributed by atoms with van der Waals surface area (Å²) in [6.45, 7) is 7.18. The third-order valence-corrected chi connectivity index (χ3v) is 3.32. The smallest absolute Gasteiger partial charge is 0.224 e. The number of aryl methyl sites for hydroxylation is 1. The molecular weight excluding hydrogens is 254 g/mol. The number of aromatic nitrogens is 2. The number of hydrogen-bond acceptors (Lipinski definition) is 5. The van der Waals surface area contributed by atoms with Gasteiger partial charge in [0.25, 0.3) is 0 Å². The second-order valence-corrected chi connectivity index (χ2v) is 5.02. The van der Waals surface area contributed by atoms with Crippen LogP contribution in [0.15, 0.2) is 6.07 Å². The lowest BCUT2D eigenvalue weighted by Crippen LogP contribution is -2.28. The van der Waals surface area contributed by atoms with Crippen LogP contribution in [0.1, 0.15) is 31.9 Å². The molecule has 0 aliphatic carbocycles. The fourth-order valence-corrected chi connectivity index (χ4v) is 2.24. The number of anilines is 2. The topological polar surface area (TPSA) is 70.2 Å². The van der Waals surface area contributed by atoms with E-state index >= 15 is 0 Å². The van der Waals surface area contributed by atoms with Crippen molar-refractivity contribution in [3.63, 3.8) is 0 Å². The SMILES string of the molecule is CCC(=O)NCCNc1nc(C)cc(N2CCCC2)n1. The molecule has 6 heteroatoms. The van der Waals surface area contributed by atoms with Crippen molar-refractivity contribution in [3.8, 4) is 0 Å². The summed E-state index contributed by atoms with van der Waals surface area (Å²) in [7, 11) is 0. The summed E-state index contributed by atoms with van der Waals surface area (Å²) in [5, 5.41) is 5.98. The maximum atomic E-state index is 11.1. The molecule has 2 rings (SSSR count). The average Bonchev–Trinajstić information content (AvgIpc) is 2.97. The second kappa shape index (κ2) is 7.07. The number of carbonyl (C=O) groups is 1. The number of amides is 1. The van der Waals surface area contributed by atoms with Gasteiger partial charge in [-0.15, -0.1) is 0 Å². The first-order valence-corrected chi connectivity index (χ1v) is 7.30. The van der Waals surface area contributed by atoms with E-state index in [0.29, 0.717) is 25.5 Å². The molecular formula is C14H23N5O. The number of rotatable bonds is 6.